The zero-order chi connectivity index (χ0) is 22.0. The van der Waals surface area contributed by atoms with E-state index in [2.05, 4.69) is 0 Å². The Hall–Kier alpha value is -3.94. The van der Waals surface area contributed by atoms with Crippen molar-refractivity contribution in [2.24, 2.45) is 0 Å². The summed E-state index contributed by atoms with van der Waals surface area (Å²) in [5, 5.41) is 12.9. The molecule has 154 valence electrons. The number of hydrogen-bond donors (Lipinski definition) is 0. The summed E-state index contributed by atoms with van der Waals surface area (Å²) in [4.78, 5) is 34.9. The number of hydrogen-bond acceptors (Lipinski definition) is 6. The molecule has 0 spiro atoms. The maximum atomic E-state index is 12.6. The number of nitro benzene ring substituents is 1. The van der Waals surface area contributed by atoms with Crippen molar-refractivity contribution >= 4 is 23.1 Å². The Morgan fingerprint density at radius 3 is 2.13 bits per heavy atom. The van der Waals surface area contributed by atoms with Gasteiger partial charge in [-0.1, -0.05) is 18.2 Å². The molecular weight excluding hydrogens is 386 g/mol. The molecule has 2 aromatic carbocycles. The lowest BCUT2D eigenvalue weighted by atomic mass is 10.0. The first-order valence-electron chi connectivity index (χ1n) is 9.21. The average molecular weight is 407 g/mol. The van der Waals surface area contributed by atoms with E-state index in [-0.39, 0.29) is 22.8 Å². The second-order valence-corrected chi connectivity index (χ2v) is 6.76. The number of anilines is 1. The number of non-ortho nitro benzene ring substituents is 1. The van der Waals surface area contributed by atoms with Gasteiger partial charge in [-0.3, -0.25) is 29.4 Å². The van der Waals surface area contributed by atoms with Crippen LogP contribution < -0.4 is 9.75 Å². The van der Waals surface area contributed by atoms with E-state index in [1.54, 1.807) is 23.7 Å². The first-order valence-corrected chi connectivity index (χ1v) is 9.21. The van der Waals surface area contributed by atoms with Crippen LogP contribution in [0.3, 0.4) is 0 Å². The Labute approximate surface area is 173 Å². The minimum atomic E-state index is -0.546. The molecule has 0 aliphatic rings. The van der Waals surface area contributed by atoms with E-state index >= 15 is 0 Å². The number of nitro groups is 1. The van der Waals surface area contributed by atoms with Gasteiger partial charge in [-0.25, -0.2) is 0 Å². The van der Waals surface area contributed by atoms with E-state index in [1.165, 1.54) is 26.0 Å². The third kappa shape index (κ3) is 3.80. The largest absolute Gasteiger partial charge is 0.424 e. The van der Waals surface area contributed by atoms with E-state index in [1.807, 2.05) is 42.4 Å². The highest BCUT2D eigenvalue weighted by Crippen LogP contribution is 2.39. The van der Waals surface area contributed by atoms with Crippen molar-refractivity contribution < 1.29 is 19.2 Å². The van der Waals surface area contributed by atoms with Gasteiger partial charge in [0.1, 0.15) is 0 Å². The summed E-state index contributed by atoms with van der Waals surface area (Å²) in [5.41, 5.74) is 2.62. The number of esters is 1. The molecule has 3 aromatic rings. The number of carbonyl (C=O) groups is 2. The third-order valence-corrected chi connectivity index (χ3v) is 4.70. The van der Waals surface area contributed by atoms with Crippen molar-refractivity contribution in [3.8, 4) is 17.0 Å². The minimum Gasteiger partial charge on any atom is -0.424 e. The van der Waals surface area contributed by atoms with Gasteiger partial charge in [0.2, 0.25) is 0 Å². The smallest absolute Gasteiger partial charge is 0.308 e. The summed E-state index contributed by atoms with van der Waals surface area (Å²) < 4.78 is 7.18. The summed E-state index contributed by atoms with van der Waals surface area (Å²) in [6, 6.07) is 15.4. The molecule has 0 aliphatic heterocycles. The predicted molar refractivity (Wildman–Crippen MR) is 113 cm³/mol. The molecule has 8 nitrogen and oxygen atoms in total. The number of para-hydroxylation sites is 1. The topological polar surface area (TPSA) is 94.7 Å². The van der Waals surface area contributed by atoms with Crippen molar-refractivity contribution in [2.45, 2.75) is 20.8 Å². The quantitative estimate of drug-likeness (QED) is 0.260. The number of nitrogens with zero attached hydrogens (tertiary/aromatic N) is 3. The number of aromatic nitrogens is 1. The second kappa shape index (κ2) is 8.20. The minimum absolute atomic E-state index is 0.0606. The van der Waals surface area contributed by atoms with Crippen molar-refractivity contribution in [3.63, 3.8) is 0 Å². The zero-order valence-electron chi connectivity index (χ0n) is 17.1. The van der Waals surface area contributed by atoms with Gasteiger partial charge in [0.15, 0.2) is 11.5 Å². The Bertz CT molecular complexity index is 1120. The van der Waals surface area contributed by atoms with Gasteiger partial charge in [0.05, 0.1) is 27.6 Å². The van der Waals surface area contributed by atoms with E-state index in [9.17, 15) is 19.7 Å². The normalized spacial score (nSPS) is 10.5. The average Bonchev–Trinajstić information content (AvgIpc) is 3.00. The van der Waals surface area contributed by atoms with Crippen LogP contribution in [-0.4, -0.2) is 28.4 Å². The standard InChI is InChI=1S/C22H21N3O5/c1-14-22(30-16(3)27)20(15(2)26)21(17-10-12-19(13-11-17)25(28)29)24(14)23(4)18-8-6-5-7-9-18/h5-13H,1-4H3. The molecular formula is C22H21N3O5. The highest BCUT2D eigenvalue weighted by molar-refractivity contribution is 6.04. The number of ether oxygens (including phenoxy) is 1. The third-order valence-electron chi connectivity index (χ3n) is 4.70. The van der Waals surface area contributed by atoms with Gasteiger partial charge in [0, 0.05) is 31.7 Å². The number of benzene rings is 2. The van der Waals surface area contributed by atoms with Gasteiger partial charge in [-0.05, 0) is 38.1 Å². The SMILES string of the molecule is CC(=O)Oc1c(C(C)=O)c(-c2ccc([N+](=O)[O-])cc2)n(N(C)c2ccccc2)c1C. The van der Waals surface area contributed by atoms with Gasteiger partial charge in [0.25, 0.3) is 5.69 Å². The van der Waals surface area contributed by atoms with Crippen LogP contribution in [0.15, 0.2) is 54.6 Å². The van der Waals surface area contributed by atoms with Crippen LogP contribution in [-0.2, 0) is 4.79 Å². The van der Waals surface area contributed by atoms with E-state index in [4.69, 9.17) is 4.74 Å². The molecule has 0 radical (unpaired) electrons. The summed E-state index contributed by atoms with van der Waals surface area (Å²) >= 11 is 0. The Balaban J connectivity index is 2.32. The van der Waals surface area contributed by atoms with Crippen molar-refractivity contribution in [3.05, 3.63) is 76.0 Å². The number of ketones is 1. The van der Waals surface area contributed by atoms with Crippen molar-refractivity contribution in [1.82, 2.24) is 4.68 Å². The molecule has 0 N–H and O–H groups in total. The number of Topliss-reactive ketones (excluding diaryl/α,β-unsaturated/α-hetero) is 1. The molecule has 3 rings (SSSR count). The molecule has 8 heteroatoms. The fraction of sp³-hybridized carbons (Fsp3) is 0.182. The van der Waals surface area contributed by atoms with Gasteiger partial charge >= 0.3 is 5.97 Å². The number of carbonyl (C=O) groups excluding carboxylic acids is 2. The molecule has 0 atom stereocenters. The van der Waals surface area contributed by atoms with Crippen LogP contribution in [0.2, 0.25) is 0 Å². The molecule has 1 aromatic heterocycles. The first-order chi connectivity index (χ1) is 14.2. The molecule has 0 saturated heterocycles. The van der Waals surface area contributed by atoms with Crippen LogP contribution >= 0.6 is 0 Å². The molecule has 0 amide bonds. The lowest BCUT2D eigenvalue weighted by Crippen LogP contribution is -2.26. The molecule has 1 heterocycles. The van der Waals surface area contributed by atoms with Crippen LogP contribution in [0.1, 0.15) is 29.9 Å². The maximum absolute atomic E-state index is 12.6. The Kier molecular flexibility index (Phi) is 5.68. The maximum Gasteiger partial charge on any atom is 0.308 e. The monoisotopic (exact) mass is 407 g/mol. The van der Waals surface area contributed by atoms with E-state index in [0.717, 1.165) is 5.69 Å². The van der Waals surface area contributed by atoms with Gasteiger partial charge in [-0.15, -0.1) is 0 Å². The van der Waals surface area contributed by atoms with Crippen LogP contribution in [0.4, 0.5) is 11.4 Å². The zero-order valence-corrected chi connectivity index (χ0v) is 17.1. The van der Waals surface area contributed by atoms with Crippen molar-refractivity contribution in [2.75, 3.05) is 12.1 Å². The summed E-state index contributed by atoms with van der Waals surface area (Å²) in [5.74, 6) is -0.663. The van der Waals surface area contributed by atoms with Crippen LogP contribution in [0.5, 0.6) is 5.75 Å². The Morgan fingerprint density at radius 2 is 1.63 bits per heavy atom. The lowest BCUT2D eigenvalue weighted by Gasteiger charge is -2.25. The highest BCUT2D eigenvalue weighted by atomic mass is 16.6. The highest BCUT2D eigenvalue weighted by Gasteiger charge is 2.29. The summed E-state index contributed by atoms with van der Waals surface area (Å²) in [7, 11) is 1.82. The van der Waals surface area contributed by atoms with Crippen molar-refractivity contribution in [1.29, 1.82) is 0 Å². The molecule has 0 aliphatic carbocycles. The van der Waals surface area contributed by atoms with E-state index in [0.29, 0.717) is 17.0 Å². The Morgan fingerprint density at radius 1 is 1.03 bits per heavy atom. The molecule has 0 bridgehead atoms. The summed E-state index contributed by atoms with van der Waals surface area (Å²) in [6.07, 6.45) is 0. The van der Waals surface area contributed by atoms with Gasteiger partial charge in [-0.2, -0.15) is 0 Å². The molecule has 0 saturated carbocycles. The summed E-state index contributed by atoms with van der Waals surface area (Å²) in [6.45, 7) is 4.41. The fourth-order valence-electron chi connectivity index (χ4n) is 3.40. The van der Waals surface area contributed by atoms with Crippen LogP contribution in [0.25, 0.3) is 11.3 Å². The predicted octanol–water partition coefficient (Wildman–Crippen LogP) is 4.40. The fourth-order valence-corrected chi connectivity index (χ4v) is 3.40. The van der Waals surface area contributed by atoms with Crippen LogP contribution in [0, 0.1) is 17.0 Å². The lowest BCUT2D eigenvalue weighted by molar-refractivity contribution is -0.384. The number of rotatable bonds is 6. The van der Waals surface area contributed by atoms with Gasteiger partial charge < -0.3 is 4.74 Å². The second-order valence-electron chi connectivity index (χ2n) is 6.76. The first kappa shape index (κ1) is 20.8. The molecule has 30 heavy (non-hydrogen) atoms. The van der Waals surface area contributed by atoms with E-state index < -0.39 is 10.9 Å². The molecule has 0 unspecified atom stereocenters. The molecule has 0 fully saturated rings.